The fourth-order valence-electron chi connectivity index (χ4n) is 2.79. The number of methoxy groups -OCH3 is 1. The number of fused-ring (bicyclic) bond motifs is 1. The zero-order chi connectivity index (χ0) is 16.5. The standard InChI is InChI=1S/C16H17N7O/c1-21-12-4-3-5-13(14(12)19-20-21)23-9-7-18-16(23)15-17-6-8-22(15)10-11-24-2/h3-9H,10-11H2,1-2H3. The van der Waals surface area contributed by atoms with Crippen LogP contribution in [0.25, 0.3) is 28.4 Å². The van der Waals surface area contributed by atoms with Crippen LogP contribution in [0.3, 0.4) is 0 Å². The molecule has 0 amide bonds. The summed E-state index contributed by atoms with van der Waals surface area (Å²) in [5.74, 6) is 1.55. The Morgan fingerprint density at radius 2 is 1.92 bits per heavy atom. The number of hydrogen-bond donors (Lipinski definition) is 0. The topological polar surface area (TPSA) is 75.6 Å². The molecule has 4 aromatic rings. The number of nitrogens with zero attached hydrogens (tertiary/aromatic N) is 7. The Hall–Kier alpha value is -3.00. The van der Waals surface area contributed by atoms with Gasteiger partial charge in [-0.3, -0.25) is 4.57 Å². The number of benzene rings is 1. The maximum Gasteiger partial charge on any atom is 0.181 e. The van der Waals surface area contributed by atoms with Gasteiger partial charge in [-0.05, 0) is 12.1 Å². The highest BCUT2D eigenvalue weighted by Crippen LogP contribution is 2.25. The van der Waals surface area contributed by atoms with Gasteiger partial charge >= 0.3 is 0 Å². The summed E-state index contributed by atoms with van der Waals surface area (Å²) < 4.78 is 10.9. The summed E-state index contributed by atoms with van der Waals surface area (Å²) in [4.78, 5) is 8.97. The Morgan fingerprint density at radius 1 is 1.08 bits per heavy atom. The number of imidazole rings is 2. The number of aromatic nitrogens is 7. The zero-order valence-corrected chi connectivity index (χ0v) is 13.5. The highest BCUT2D eigenvalue weighted by molar-refractivity contribution is 5.84. The maximum absolute atomic E-state index is 5.17. The van der Waals surface area contributed by atoms with Crippen molar-refractivity contribution in [2.45, 2.75) is 6.54 Å². The van der Waals surface area contributed by atoms with E-state index in [0.29, 0.717) is 13.2 Å². The molecule has 8 heteroatoms. The number of hydrogen-bond acceptors (Lipinski definition) is 5. The first-order chi connectivity index (χ1) is 11.8. The molecule has 24 heavy (non-hydrogen) atoms. The van der Waals surface area contributed by atoms with Crippen LogP contribution in [0.4, 0.5) is 0 Å². The van der Waals surface area contributed by atoms with E-state index in [1.54, 1.807) is 24.2 Å². The van der Waals surface area contributed by atoms with E-state index in [2.05, 4.69) is 20.3 Å². The van der Waals surface area contributed by atoms with Crippen molar-refractivity contribution in [3.8, 4) is 17.3 Å². The quantitative estimate of drug-likeness (QED) is 0.558. The molecule has 0 aliphatic rings. The van der Waals surface area contributed by atoms with Crippen molar-refractivity contribution in [3.05, 3.63) is 43.0 Å². The van der Waals surface area contributed by atoms with Crippen LogP contribution in [-0.4, -0.2) is 47.8 Å². The van der Waals surface area contributed by atoms with Crippen LogP contribution in [0.2, 0.25) is 0 Å². The van der Waals surface area contributed by atoms with Gasteiger partial charge in [-0.15, -0.1) is 5.10 Å². The predicted octanol–water partition coefficient (Wildman–Crippen LogP) is 1.66. The van der Waals surface area contributed by atoms with Gasteiger partial charge in [0.1, 0.15) is 5.52 Å². The normalized spacial score (nSPS) is 11.4. The number of rotatable bonds is 5. The Labute approximate surface area is 138 Å². The SMILES string of the molecule is COCCn1ccnc1-c1nccn1-c1cccc2c1nnn2C. The average Bonchev–Trinajstić information content (AvgIpc) is 3.32. The molecule has 0 unspecified atom stereocenters. The summed E-state index contributed by atoms with van der Waals surface area (Å²) >= 11 is 0. The second kappa shape index (κ2) is 5.89. The molecule has 0 N–H and O–H groups in total. The van der Waals surface area contributed by atoms with Gasteiger partial charge in [0.25, 0.3) is 0 Å². The lowest BCUT2D eigenvalue weighted by molar-refractivity contribution is 0.187. The second-order valence-electron chi connectivity index (χ2n) is 5.42. The molecule has 4 rings (SSSR count). The first kappa shape index (κ1) is 14.6. The molecule has 0 radical (unpaired) electrons. The third kappa shape index (κ3) is 2.28. The van der Waals surface area contributed by atoms with Crippen molar-refractivity contribution in [3.63, 3.8) is 0 Å². The predicted molar refractivity (Wildman–Crippen MR) is 88.7 cm³/mol. The van der Waals surface area contributed by atoms with E-state index in [-0.39, 0.29) is 0 Å². The van der Waals surface area contributed by atoms with Crippen molar-refractivity contribution in [2.75, 3.05) is 13.7 Å². The van der Waals surface area contributed by atoms with E-state index in [4.69, 9.17) is 4.74 Å². The van der Waals surface area contributed by atoms with Crippen molar-refractivity contribution < 1.29 is 4.74 Å². The van der Waals surface area contributed by atoms with E-state index in [9.17, 15) is 0 Å². The van der Waals surface area contributed by atoms with Crippen molar-refractivity contribution in [1.29, 1.82) is 0 Å². The minimum absolute atomic E-state index is 0.615. The van der Waals surface area contributed by atoms with Crippen molar-refractivity contribution >= 4 is 11.0 Å². The summed E-state index contributed by atoms with van der Waals surface area (Å²) in [7, 11) is 3.57. The summed E-state index contributed by atoms with van der Waals surface area (Å²) in [5, 5.41) is 8.40. The first-order valence-electron chi connectivity index (χ1n) is 7.62. The van der Waals surface area contributed by atoms with E-state index < -0.39 is 0 Å². The molecule has 0 aliphatic heterocycles. The van der Waals surface area contributed by atoms with Gasteiger partial charge in [0.2, 0.25) is 0 Å². The molecule has 0 spiro atoms. The van der Waals surface area contributed by atoms with E-state index in [1.807, 2.05) is 46.8 Å². The van der Waals surface area contributed by atoms with Crippen LogP contribution in [0.5, 0.6) is 0 Å². The van der Waals surface area contributed by atoms with Gasteiger partial charge < -0.3 is 9.30 Å². The average molecular weight is 323 g/mol. The lowest BCUT2D eigenvalue weighted by Crippen LogP contribution is -2.08. The van der Waals surface area contributed by atoms with Crippen LogP contribution >= 0.6 is 0 Å². The van der Waals surface area contributed by atoms with Crippen molar-refractivity contribution in [1.82, 2.24) is 34.1 Å². The highest BCUT2D eigenvalue weighted by atomic mass is 16.5. The van der Waals surface area contributed by atoms with Crippen LogP contribution in [-0.2, 0) is 18.3 Å². The van der Waals surface area contributed by atoms with E-state index in [0.717, 1.165) is 28.4 Å². The lowest BCUT2D eigenvalue weighted by Gasteiger charge is -2.10. The third-order valence-electron chi connectivity index (χ3n) is 3.97. The minimum atomic E-state index is 0.615. The summed E-state index contributed by atoms with van der Waals surface area (Å²) in [6, 6.07) is 5.99. The van der Waals surface area contributed by atoms with Crippen LogP contribution in [0, 0.1) is 0 Å². The molecular formula is C16H17N7O. The zero-order valence-electron chi connectivity index (χ0n) is 13.5. The van der Waals surface area contributed by atoms with Gasteiger partial charge in [0.15, 0.2) is 11.6 Å². The molecule has 0 atom stereocenters. The fraction of sp³-hybridized carbons (Fsp3) is 0.250. The molecule has 0 aliphatic carbocycles. The van der Waals surface area contributed by atoms with E-state index >= 15 is 0 Å². The van der Waals surface area contributed by atoms with Crippen LogP contribution in [0.1, 0.15) is 0 Å². The molecule has 8 nitrogen and oxygen atoms in total. The number of ether oxygens (including phenoxy) is 1. The lowest BCUT2D eigenvalue weighted by atomic mass is 10.2. The molecular weight excluding hydrogens is 306 g/mol. The molecule has 0 bridgehead atoms. The minimum Gasteiger partial charge on any atom is -0.383 e. The molecule has 1 aromatic carbocycles. The Morgan fingerprint density at radius 3 is 2.79 bits per heavy atom. The highest BCUT2D eigenvalue weighted by Gasteiger charge is 2.16. The van der Waals surface area contributed by atoms with Gasteiger partial charge in [-0.2, -0.15) is 0 Å². The Bertz CT molecular complexity index is 981. The molecule has 0 saturated carbocycles. The monoisotopic (exact) mass is 323 g/mol. The molecule has 0 fully saturated rings. The smallest absolute Gasteiger partial charge is 0.181 e. The van der Waals surface area contributed by atoms with Gasteiger partial charge in [0, 0.05) is 45.5 Å². The number of aryl methyl sites for hydroxylation is 1. The van der Waals surface area contributed by atoms with E-state index in [1.165, 1.54) is 0 Å². The molecule has 3 aromatic heterocycles. The molecule has 0 saturated heterocycles. The van der Waals surface area contributed by atoms with Crippen LogP contribution in [0.15, 0.2) is 43.0 Å². The molecule has 3 heterocycles. The summed E-state index contributed by atoms with van der Waals surface area (Å²) in [6.45, 7) is 1.33. The van der Waals surface area contributed by atoms with Gasteiger partial charge in [0.05, 0.1) is 17.8 Å². The van der Waals surface area contributed by atoms with Crippen molar-refractivity contribution in [2.24, 2.45) is 7.05 Å². The largest absolute Gasteiger partial charge is 0.383 e. The Kier molecular flexibility index (Phi) is 3.58. The third-order valence-corrected chi connectivity index (χ3v) is 3.97. The first-order valence-corrected chi connectivity index (χ1v) is 7.62. The second-order valence-corrected chi connectivity index (χ2v) is 5.42. The maximum atomic E-state index is 5.17. The Balaban J connectivity index is 1.85. The summed E-state index contributed by atoms with van der Waals surface area (Å²) in [5.41, 5.74) is 2.72. The van der Waals surface area contributed by atoms with Gasteiger partial charge in [-0.25, -0.2) is 14.6 Å². The van der Waals surface area contributed by atoms with Crippen LogP contribution < -0.4 is 0 Å². The fourth-order valence-corrected chi connectivity index (χ4v) is 2.79. The molecule has 122 valence electrons. The van der Waals surface area contributed by atoms with Gasteiger partial charge in [-0.1, -0.05) is 11.3 Å². The summed E-state index contributed by atoms with van der Waals surface area (Å²) in [6.07, 6.45) is 7.37.